The first-order valence-electron chi connectivity index (χ1n) is 9.02. The van der Waals surface area contributed by atoms with Crippen LogP contribution < -0.4 is 9.64 Å². The number of amides is 1. The molecule has 2 saturated heterocycles. The molecule has 0 N–H and O–H groups in total. The first-order valence-corrected chi connectivity index (χ1v) is 9.81. The van der Waals surface area contributed by atoms with Crippen LogP contribution in [0.3, 0.4) is 0 Å². The van der Waals surface area contributed by atoms with Crippen molar-refractivity contribution in [1.29, 1.82) is 0 Å². The van der Waals surface area contributed by atoms with Crippen molar-refractivity contribution in [3.05, 3.63) is 46.9 Å². The van der Waals surface area contributed by atoms with Gasteiger partial charge < -0.3 is 9.64 Å². The van der Waals surface area contributed by atoms with E-state index < -0.39 is 29.5 Å². The second-order valence-electron chi connectivity index (χ2n) is 6.85. The quantitative estimate of drug-likeness (QED) is 0.468. The molecule has 1 atom stereocenters. The molecule has 2 fully saturated rings. The van der Waals surface area contributed by atoms with Crippen LogP contribution in [0.15, 0.2) is 30.5 Å². The number of halogens is 5. The minimum absolute atomic E-state index is 0.144. The zero-order chi connectivity index (χ0) is 21.6. The minimum Gasteiger partial charge on any atom is -0.437 e. The lowest BCUT2D eigenvalue weighted by Crippen LogP contribution is -2.38. The molecule has 0 bridgehead atoms. The van der Waals surface area contributed by atoms with Gasteiger partial charge in [0.2, 0.25) is 5.88 Å². The summed E-state index contributed by atoms with van der Waals surface area (Å²) in [6, 6.07) is 3.38. The summed E-state index contributed by atoms with van der Waals surface area (Å²) < 4.78 is 59.7. The van der Waals surface area contributed by atoms with Crippen molar-refractivity contribution in [3.8, 4) is 11.6 Å². The topological polar surface area (TPSA) is 45.7 Å². The van der Waals surface area contributed by atoms with Gasteiger partial charge in [0, 0.05) is 18.8 Å². The van der Waals surface area contributed by atoms with Crippen molar-refractivity contribution in [2.24, 2.45) is 0 Å². The van der Waals surface area contributed by atoms with Crippen molar-refractivity contribution in [2.75, 3.05) is 11.4 Å². The van der Waals surface area contributed by atoms with Crippen molar-refractivity contribution < 1.29 is 27.1 Å². The maximum Gasteiger partial charge on any atom is 0.421 e. The number of carbonyl (C=O) groups is 1. The predicted molar refractivity (Wildman–Crippen MR) is 105 cm³/mol. The lowest BCUT2D eigenvalue weighted by atomic mass is 10.0. The van der Waals surface area contributed by atoms with Gasteiger partial charge >= 0.3 is 6.18 Å². The Bertz CT molecular complexity index is 1010. The van der Waals surface area contributed by atoms with Crippen LogP contribution in [0.4, 0.5) is 23.2 Å². The summed E-state index contributed by atoms with van der Waals surface area (Å²) in [5.41, 5.74) is -1.35. The van der Waals surface area contributed by atoms with Crippen LogP contribution >= 0.6 is 23.8 Å². The number of ether oxygens (including phenoxy) is 1. The Morgan fingerprint density at radius 3 is 2.73 bits per heavy atom. The van der Waals surface area contributed by atoms with Gasteiger partial charge in [-0.3, -0.25) is 9.69 Å². The molecule has 0 radical (unpaired) electrons. The summed E-state index contributed by atoms with van der Waals surface area (Å²) in [5, 5.41) is -0.129. The lowest BCUT2D eigenvalue weighted by Gasteiger charge is -2.27. The third-order valence-corrected chi connectivity index (χ3v) is 5.68. The summed E-state index contributed by atoms with van der Waals surface area (Å²) in [6.07, 6.45) is -1.29. The van der Waals surface area contributed by atoms with Crippen LogP contribution in [0.5, 0.6) is 11.6 Å². The number of fused-ring (bicyclic) bond motifs is 1. The van der Waals surface area contributed by atoms with E-state index in [0.29, 0.717) is 13.0 Å². The van der Waals surface area contributed by atoms with Crippen LogP contribution in [0.1, 0.15) is 24.8 Å². The van der Waals surface area contributed by atoms with E-state index in [1.165, 1.54) is 0 Å². The molecular weight excluding hydrogens is 446 g/mol. The molecule has 2 aromatic rings. The Hall–Kier alpha value is -2.46. The van der Waals surface area contributed by atoms with Gasteiger partial charge in [0.1, 0.15) is 23.2 Å². The molecule has 4 rings (SSSR count). The molecule has 1 aromatic heterocycles. The number of hydrogen-bond acceptors (Lipinski definition) is 4. The second-order valence-corrected chi connectivity index (χ2v) is 7.62. The average Bonchev–Trinajstić information content (AvgIpc) is 2.95. The predicted octanol–water partition coefficient (Wildman–Crippen LogP) is 5.17. The number of pyridine rings is 1. The summed E-state index contributed by atoms with van der Waals surface area (Å²) >= 11 is 11.4. The van der Waals surface area contributed by atoms with Crippen LogP contribution in [0.2, 0.25) is 5.02 Å². The van der Waals surface area contributed by atoms with E-state index in [4.69, 9.17) is 28.6 Å². The molecule has 158 valence electrons. The largest absolute Gasteiger partial charge is 0.437 e. The molecule has 1 unspecified atom stereocenters. The Labute approximate surface area is 179 Å². The van der Waals surface area contributed by atoms with Crippen molar-refractivity contribution in [1.82, 2.24) is 9.88 Å². The van der Waals surface area contributed by atoms with Gasteiger partial charge in [-0.15, -0.1) is 0 Å². The summed E-state index contributed by atoms with van der Waals surface area (Å²) in [6.45, 7) is 0.577. The molecule has 5 nitrogen and oxygen atoms in total. The molecule has 0 saturated carbocycles. The smallest absolute Gasteiger partial charge is 0.421 e. The summed E-state index contributed by atoms with van der Waals surface area (Å²) in [5.74, 6) is -2.25. The zero-order valence-electron chi connectivity index (χ0n) is 15.2. The number of thiocarbonyl (C=S) groups is 1. The van der Waals surface area contributed by atoms with E-state index in [9.17, 15) is 22.4 Å². The Balaban J connectivity index is 1.73. The highest BCUT2D eigenvalue weighted by atomic mass is 35.5. The summed E-state index contributed by atoms with van der Waals surface area (Å²) in [4.78, 5) is 19.2. The molecule has 0 aliphatic carbocycles. The molecule has 1 aromatic carbocycles. The van der Waals surface area contributed by atoms with Gasteiger partial charge in [0.05, 0.1) is 10.7 Å². The van der Waals surface area contributed by atoms with Gasteiger partial charge in [-0.25, -0.2) is 9.37 Å². The van der Waals surface area contributed by atoms with E-state index in [2.05, 4.69) is 4.98 Å². The average molecular weight is 460 g/mol. The van der Waals surface area contributed by atoms with E-state index in [1.807, 2.05) is 0 Å². The molecule has 0 spiro atoms. The molecular formula is C19H14ClF4N3O2S. The highest BCUT2D eigenvalue weighted by Gasteiger charge is 2.45. The van der Waals surface area contributed by atoms with Gasteiger partial charge in [-0.2, -0.15) is 13.2 Å². The number of aromatic nitrogens is 1. The first-order chi connectivity index (χ1) is 14.2. The van der Waals surface area contributed by atoms with Crippen LogP contribution in [-0.4, -0.2) is 33.5 Å². The standard InChI is InChI=1S/C19H14ClF4N3O2S/c20-11-8-12(21)14(27-17(28)13-5-1-2-7-26(13)18(27)30)9-15(11)29-16-10(19(22,23)24)4-3-6-25-16/h3-4,6,8-9,13H,1-2,5,7H2. The van der Waals surface area contributed by atoms with Crippen LogP contribution in [0, 0.1) is 5.82 Å². The molecule has 2 aliphatic heterocycles. The number of benzene rings is 1. The molecule has 11 heteroatoms. The maximum absolute atomic E-state index is 14.7. The van der Waals surface area contributed by atoms with Crippen molar-refractivity contribution in [2.45, 2.75) is 31.5 Å². The number of piperidine rings is 1. The maximum atomic E-state index is 14.7. The van der Waals surface area contributed by atoms with Gasteiger partial charge in [-0.1, -0.05) is 11.6 Å². The molecule has 2 aliphatic rings. The first kappa shape index (κ1) is 20.8. The number of alkyl halides is 3. The Morgan fingerprint density at radius 1 is 1.27 bits per heavy atom. The number of nitrogens with zero attached hydrogens (tertiary/aromatic N) is 3. The molecule has 3 heterocycles. The highest BCUT2D eigenvalue weighted by molar-refractivity contribution is 7.80. The van der Waals surface area contributed by atoms with Crippen LogP contribution in [-0.2, 0) is 11.0 Å². The normalized spacial score (nSPS) is 19.3. The third-order valence-electron chi connectivity index (χ3n) is 4.97. The fraction of sp³-hybridized carbons (Fsp3) is 0.316. The van der Waals surface area contributed by atoms with Crippen molar-refractivity contribution in [3.63, 3.8) is 0 Å². The van der Waals surface area contributed by atoms with Crippen molar-refractivity contribution >= 4 is 40.5 Å². The second kappa shape index (κ2) is 7.66. The summed E-state index contributed by atoms with van der Waals surface area (Å²) in [7, 11) is 0. The molecule has 30 heavy (non-hydrogen) atoms. The Morgan fingerprint density at radius 2 is 2.03 bits per heavy atom. The zero-order valence-corrected chi connectivity index (χ0v) is 16.8. The molecule has 1 amide bonds. The Kier molecular flexibility index (Phi) is 5.31. The van der Waals surface area contributed by atoms with Crippen LogP contribution in [0.25, 0.3) is 0 Å². The number of carbonyl (C=O) groups excluding carboxylic acids is 1. The SMILES string of the molecule is O=C1C2CCCCN2C(=S)N1c1cc(Oc2ncccc2C(F)(F)F)c(Cl)cc1F. The van der Waals surface area contributed by atoms with E-state index in [1.54, 1.807) is 4.90 Å². The van der Waals surface area contributed by atoms with E-state index in [0.717, 1.165) is 48.2 Å². The fourth-order valence-electron chi connectivity index (χ4n) is 3.57. The lowest BCUT2D eigenvalue weighted by molar-refractivity contribution is -0.138. The number of rotatable bonds is 3. The van der Waals surface area contributed by atoms with Gasteiger partial charge in [0.15, 0.2) is 5.11 Å². The van der Waals surface area contributed by atoms with Gasteiger partial charge in [-0.05, 0) is 49.7 Å². The monoisotopic (exact) mass is 459 g/mol. The van der Waals surface area contributed by atoms with Gasteiger partial charge in [0.25, 0.3) is 5.91 Å². The minimum atomic E-state index is -4.71. The fourth-order valence-corrected chi connectivity index (χ4v) is 4.17. The number of hydrogen-bond donors (Lipinski definition) is 0. The van der Waals surface area contributed by atoms with E-state index in [-0.39, 0.29) is 27.5 Å². The third kappa shape index (κ3) is 3.58. The number of anilines is 1. The van der Waals surface area contributed by atoms with E-state index >= 15 is 0 Å². The highest BCUT2D eigenvalue weighted by Crippen LogP contribution is 2.41.